The molecule has 1 unspecified atom stereocenters. The van der Waals surface area contributed by atoms with Gasteiger partial charge in [-0.3, -0.25) is 14.6 Å². The summed E-state index contributed by atoms with van der Waals surface area (Å²) in [5.41, 5.74) is 0.0901. The molecule has 10 heteroatoms. The van der Waals surface area contributed by atoms with Gasteiger partial charge in [0.25, 0.3) is 11.5 Å². The molecule has 1 aromatic carbocycles. The van der Waals surface area contributed by atoms with E-state index in [9.17, 15) is 29.3 Å². The summed E-state index contributed by atoms with van der Waals surface area (Å²) in [6.45, 7) is -1.45. The number of aliphatic hydroxyl groups excluding tert-OH is 3. The molecule has 2 heterocycles. The molecule has 3 rings (SSSR count). The number of nitrogens with one attached hydrogen (secondary N) is 1. The first-order valence-electron chi connectivity index (χ1n) is 9.52. The lowest BCUT2D eigenvalue weighted by molar-refractivity contribution is 0.0810. The van der Waals surface area contributed by atoms with Crippen LogP contribution in [-0.4, -0.2) is 61.7 Å². The van der Waals surface area contributed by atoms with Gasteiger partial charge in [0.1, 0.15) is 16.9 Å². The summed E-state index contributed by atoms with van der Waals surface area (Å²) >= 11 is 0. The summed E-state index contributed by atoms with van der Waals surface area (Å²) in [6.07, 6.45) is 0.525. The second-order valence-electron chi connectivity index (χ2n) is 6.97. The monoisotopic (exact) mass is 431 g/mol. The van der Waals surface area contributed by atoms with Crippen molar-refractivity contribution in [3.63, 3.8) is 0 Å². The van der Waals surface area contributed by atoms with Crippen molar-refractivity contribution in [3.8, 4) is 5.75 Å². The van der Waals surface area contributed by atoms with E-state index >= 15 is 0 Å². The van der Waals surface area contributed by atoms with Gasteiger partial charge in [-0.15, -0.1) is 0 Å². The first-order chi connectivity index (χ1) is 14.8. The zero-order valence-electron chi connectivity index (χ0n) is 16.5. The van der Waals surface area contributed by atoms with Crippen LogP contribution in [0, 0.1) is 5.82 Å². The number of benzene rings is 1. The van der Waals surface area contributed by atoms with Crippen LogP contribution < -0.4 is 10.9 Å². The van der Waals surface area contributed by atoms with Crippen molar-refractivity contribution in [1.29, 1.82) is 0 Å². The van der Waals surface area contributed by atoms with Crippen molar-refractivity contribution < 1.29 is 29.6 Å². The molecule has 1 amide bonds. The van der Waals surface area contributed by atoms with Crippen molar-refractivity contribution in [2.24, 2.45) is 0 Å². The van der Waals surface area contributed by atoms with Crippen molar-refractivity contribution >= 4 is 16.9 Å². The molecule has 2 aromatic heterocycles. The third kappa shape index (κ3) is 4.88. The molecular weight excluding hydrogens is 409 g/mol. The van der Waals surface area contributed by atoms with E-state index in [2.05, 4.69) is 10.3 Å². The highest BCUT2D eigenvalue weighted by Gasteiger charge is 2.24. The average Bonchev–Trinajstić information content (AvgIpc) is 2.76. The summed E-state index contributed by atoms with van der Waals surface area (Å²) in [7, 11) is 0. The predicted molar refractivity (Wildman–Crippen MR) is 109 cm³/mol. The van der Waals surface area contributed by atoms with Crippen LogP contribution in [0.3, 0.4) is 0 Å². The predicted octanol–water partition coefficient (Wildman–Crippen LogP) is -0.0927. The number of pyridine rings is 2. The van der Waals surface area contributed by atoms with Crippen LogP contribution in [0.2, 0.25) is 0 Å². The highest BCUT2D eigenvalue weighted by Crippen LogP contribution is 2.26. The van der Waals surface area contributed by atoms with Gasteiger partial charge in [-0.1, -0.05) is 12.1 Å². The number of hydrogen-bond acceptors (Lipinski definition) is 7. The summed E-state index contributed by atoms with van der Waals surface area (Å²) in [5.74, 6) is -1.90. The van der Waals surface area contributed by atoms with E-state index in [1.165, 1.54) is 18.3 Å². The Balaban J connectivity index is 2.14. The van der Waals surface area contributed by atoms with Gasteiger partial charge in [0.05, 0.1) is 31.4 Å². The molecule has 0 radical (unpaired) electrons. The Morgan fingerprint density at radius 2 is 1.90 bits per heavy atom. The van der Waals surface area contributed by atoms with Crippen LogP contribution in [0.15, 0.2) is 41.3 Å². The van der Waals surface area contributed by atoms with Crippen molar-refractivity contribution in [2.45, 2.75) is 19.1 Å². The van der Waals surface area contributed by atoms with Crippen LogP contribution in [-0.2, 0) is 13.0 Å². The lowest BCUT2D eigenvalue weighted by Gasteiger charge is -2.17. The number of fused-ring (bicyclic) bond motifs is 1. The smallest absolute Gasteiger partial charge is 0.267 e. The molecule has 0 aliphatic heterocycles. The van der Waals surface area contributed by atoms with Crippen molar-refractivity contribution in [2.75, 3.05) is 19.8 Å². The van der Waals surface area contributed by atoms with E-state index in [0.717, 1.165) is 10.1 Å². The third-order valence-electron chi connectivity index (χ3n) is 4.69. The number of carbonyl (C=O) groups is 1. The second kappa shape index (κ2) is 9.65. The standard InChI is InChI=1S/C21H22FN3O6/c22-14-3-1-12(2-4-14)7-13-8-16-18(24-9-13)19(29)17(20(30)23-5-6-26)21(31)25(16)10-15(28)11-27/h1-4,8-9,15,26-29H,5-7,10-11H2,(H,23,30). The SMILES string of the molecule is O=C(NCCO)c1c(O)c2ncc(Cc3ccc(F)cc3)cc2n(CC(O)CO)c1=O. The third-order valence-corrected chi connectivity index (χ3v) is 4.69. The Kier molecular flexibility index (Phi) is 6.95. The molecule has 9 nitrogen and oxygen atoms in total. The first-order valence-corrected chi connectivity index (χ1v) is 9.52. The van der Waals surface area contributed by atoms with Crippen LogP contribution in [0.4, 0.5) is 4.39 Å². The molecule has 0 spiro atoms. The number of aromatic hydroxyl groups is 1. The van der Waals surface area contributed by atoms with E-state index in [4.69, 9.17) is 5.11 Å². The fourth-order valence-corrected chi connectivity index (χ4v) is 3.19. The van der Waals surface area contributed by atoms with E-state index in [0.29, 0.717) is 12.0 Å². The highest BCUT2D eigenvalue weighted by atomic mass is 19.1. The van der Waals surface area contributed by atoms with E-state index < -0.39 is 35.5 Å². The Hall–Kier alpha value is -3.34. The molecule has 0 fully saturated rings. The summed E-state index contributed by atoms with van der Waals surface area (Å²) in [6, 6.07) is 7.43. The number of halogens is 1. The van der Waals surface area contributed by atoms with E-state index in [1.807, 2.05) is 0 Å². The number of hydrogen-bond donors (Lipinski definition) is 5. The number of aromatic nitrogens is 2. The second-order valence-corrected chi connectivity index (χ2v) is 6.97. The Labute approximate surface area is 176 Å². The molecule has 164 valence electrons. The number of aliphatic hydroxyl groups is 3. The molecule has 0 aliphatic rings. The average molecular weight is 431 g/mol. The van der Waals surface area contributed by atoms with Crippen LogP contribution in [0.1, 0.15) is 21.5 Å². The highest BCUT2D eigenvalue weighted by molar-refractivity contribution is 6.01. The fraction of sp³-hybridized carbons (Fsp3) is 0.286. The normalized spacial score (nSPS) is 12.1. The minimum absolute atomic E-state index is 0.0401. The largest absolute Gasteiger partial charge is 0.505 e. The molecule has 5 N–H and O–H groups in total. The molecule has 0 saturated heterocycles. The molecule has 0 bridgehead atoms. The molecule has 3 aromatic rings. The van der Waals surface area contributed by atoms with Crippen LogP contribution in [0.25, 0.3) is 11.0 Å². The van der Waals surface area contributed by atoms with Gasteiger partial charge < -0.3 is 30.3 Å². The Morgan fingerprint density at radius 3 is 2.55 bits per heavy atom. The molecule has 31 heavy (non-hydrogen) atoms. The van der Waals surface area contributed by atoms with Crippen LogP contribution >= 0.6 is 0 Å². The summed E-state index contributed by atoms with van der Waals surface area (Å²) in [4.78, 5) is 29.5. The quantitative estimate of drug-likeness (QED) is 0.335. The number of carbonyl (C=O) groups excluding carboxylic acids is 1. The minimum atomic E-state index is -1.29. The first kappa shape index (κ1) is 22.3. The van der Waals surface area contributed by atoms with Crippen molar-refractivity contribution in [3.05, 3.63) is 69.4 Å². The molecular formula is C21H22FN3O6. The Morgan fingerprint density at radius 1 is 1.19 bits per heavy atom. The Bertz CT molecular complexity index is 1150. The maximum atomic E-state index is 13.1. The van der Waals surface area contributed by atoms with Gasteiger partial charge in [0.2, 0.25) is 0 Å². The van der Waals surface area contributed by atoms with Gasteiger partial charge in [-0.2, -0.15) is 0 Å². The lowest BCUT2D eigenvalue weighted by atomic mass is 10.0. The minimum Gasteiger partial charge on any atom is -0.505 e. The zero-order valence-corrected chi connectivity index (χ0v) is 16.5. The molecule has 0 aliphatic carbocycles. The number of amides is 1. The van der Waals surface area contributed by atoms with E-state index in [1.54, 1.807) is 18.2 Å². The fourth-order valence-electron chi connectivity index (χ4n) is 3.19. The molecule has 0 saturated carbocycles. The van der Waals surface area contributed by atoms with Gasteiger partial charge in [-0.25, -0.2) is 4.39 Å². The van der Waals surface area contributed by atoms with Gasteiger partial charge in [0, 0.05) is 12.7 Å². The van der Waals surface area contributed by atoms with Gasteiger partial charge in [0.15, 0.2) is 5.75 Å². The zero-order chi connectivity index (χ0) is 22.5. The van der Waals surface area contributed by atoms with E-state index in [-0.39, 0.29) is 36.5 Å². The maximum Gasteiger partial charge on any atom is 0.267 e. The maximum absolute atomic E-state index is 13.1. The number of rotatable bonds is 8. The molecule has 1 atom stereocenters. The number of nitrogens with zero attached hydrogens (tertiary/aromatic N) is 2. The summed E-state index contributed by atoms with van der Waals surface area (Å²) < 4.78 is 14.2. The van der Waals surface area contributed by atoms with Crippen molar-refractivity contribution in [1.82, 2.24) is 14.9 Å². The topological polar surface area (TPSA) is 145 Å². The lowest BCUT2D eigenvalue weighted by Crippen LogP contribution is -2.37. The van der Waals surface area contributed by atoms with Gasteiger partial charge >= 0.3 is 0 Å². The summed E-state index contributed by atoms with van der Waals surface area (Å²) in [5, 5.41) is 40.9. The van der Waals surface area contributed by atoms with Crippen LogP contribution in [0.5, 0.6) is 5.75 Å². The van der Waals surface area contributed by atoms with Gasteiger partial charge in [-0.05, 0) is 35.7 Å².